The van der Waals surface area contributed by atoms with Crippen LogP contribution in [0.1, 0.15) is 37.3 Å². The second kappa shape index (κ2) is 3.29. The number of ether oxygens (including phenoxy) is 2. The van der Waals surface area contributed by atoms with Gasteiger partial charge in [0.15, 0.2) is 6.29 Å². The minimum atomic E-state index is -0.196. The first-order valence-corrected chi connectivity index (χ1v) is 5.48. The van der Waals surface area contributed by atoms with Crippen LogP contribution in [0.15, 0.2) is 18.3 Å². The van der Waals surface area contributed by atoms with E-state index >= 15 is 0 Å². The lowest BCUT2D eigenvalue weighted by Gasteiger charge is -2.11. The molecule has 0 radical (unpaired) electrons. The highest BCUT2D eigenvalue weighted by Gasteiger charge is 2.40. The Kier molecular flexibility index (Phi) is 2.04. The molecular weight excluding hydrogens is 190 g/mol. The Morgan fingerprint density at radius 3 is 2.53 bits per heavy atom. The van der Waals surface area contributed by atoms with Gasteiger partial charge in [-0.15, -0.1) is 0 Å². The van der Waals surface area contributed by atoms with E-state index in [4.69, 9.17) is 9.47 Å². The molecule has 1 saturated carbocycles. The molecule has 80 valence electrons. The summed E-state index contributed by atoms with van der Waals surface area (Å²) in [4.78, 5) is 4.50. The van der Waals surface area contributed by atoms with Crippen LogP contribution in [-0.2, 0) is 14.9 Å². The highest BCUT2D eigenvalue weighted by molar-refractivity contribution is 5.25. The first kappa shape index (κ1) is 9.31. The van der Waals surface area contributed by atoms with Crippen molar-refractivity contribution in [3.05, 3.63) is 29.6 Å². The van der Waals surface area contributed by atoms with Crippen LogP contribution in [0, 0.1) is 0 Å². The number of pyridine rings is 1. The predicted octanol–water partition coefficient (Wildman–Crippen LogP) is 2.18. The van der Waals surface area contributed by atoms with Gasteiger partial charge in [0, 0.05) is 22.9 Å². The fourth-order valence-corrected chi connectivity index (χ4v) is 1.90. The molecule has 15 heavy (non-hydrogen) atoms. The maximum absolute atomic E-state index is 5.42. The zero-order valence-electron chi connectivity index (χ0n) is 8.90. The van der Waals surface area contributed by atoms with E-state index in [2.05, 4.69) is 24.0 Å². The van der Waals surface area contributed by atoms with Crippen molar-refractivity contribution < 1.29 is 9.47 Å². The number of aromatic nitrogens is 1. The van der Waals surface area contributed by atoms with E-state index in [1.807, 2.05) is 6.20 Å². The summed E-state index contributed by atoms with van der Waals surface area (Å²) in [5.41, 5.74) is 2.57. The van der Waals surface area contributed by atoms with Gasteiger partial charge in [0.2, 0.25) is 0 Å². The summed E-state index contributed by atoms with van der Waals surface area (Å²) in [6, 6.07) is 4.18. The SMILES string of the molecule is CC1(c2ccc(C3OCCO3)cn2)CC1. The molecule has 1 aliphatic heterocycles. The van der Waals surface area contributed by atoms with Crippen LogP contribution < -0.4 is 0 Å². The maximum atomic E-state index is 5.42. The van der Waals surface area contributed by atoms with E-state index in [9.17, 15) is 0 Å². The van der Waals surface area contributed by atoms with Gasteiger partial charge >= 0.3 is 0 Å². The van der Waals surface area contributed by atoms with Crippen LogP contribution in [0.5, 0.6) is 0 Å². The monoisotopic (exact) mass is 205 g/mol. The fourth-order valence-electron chi connectivity index (χ4n) is 1.90. The molecule has 2 aliphatic rings. The highest BCUT2D eigenvalue weighted by Crippen LogP contribution is 2.46. The lowest BCUT2D eigenvalue weighted by molar-refractivity contribution is -0.0443. The quantitative estimate of drug-likeness (QED) is 0.741. The smallest absolute Gasteiger partial charge is 0.185 e. The van der Waals surface area contributed by atoms with E-state index in [1.165, 1.54) is 18.5 Å². The van der Waals surface area contributed by atoms with Gasteiger partial charge < -0.3 is 9.47 Å². The summed E-state index contributed by atoms with van der Waals surface area (Å²) in [7, 11) is 0. The molecule has 0 bridgehead atoms. The van der Waals surface area contributed by atoms with Gasteiger partial charge in [-0.25, -0.2) is 0 Å². The molecule has 3 rings (SSSR count). The first-order valence-electron chi connectivity index (χ1n) is 5.48. The molecule has 0 amide bonds. The molecule has 2 fully saturated rings. The number of hydrogen-bond donors (Lipinski definition) is 0. The standard InChI is InChI=1S/C12H15NO2/c1-12(4-5-12)10-3-2-9(8-13-10)11-14-6-7-15-11/h2-3,8,11H,4-7H2,1H3. The van der Waals surface area contributed by atoms with E-state index in [-0.39, 0.29) is 6.29 Å². The third-order valence-corrected chi connectivity index (χ3v) is 3.30. The van der Waals surface area contributed by atoms with Crippen molar-refractivity contribution in [2.75, 3.05) is 13.2 Å². The molecule has 1 aliphatic carbocycles. The second-order valence-electron chi connectivity index (χ2n) is 4.61. The first-order chi connectivity index (χ1) is 7.28. The summed E-state index contributed by atoms with van der Waals surface area (Å²) < 4.78 is 10.8. The van der Waals surface area contributed by atoms with Crippen LogP contribution in [-0.4, -0.2) is 18.2 Å². The van der Waals surface area contributed by atoms with Crippen molar-refractivity contribution in [1.82, 2.24) is 4.98 Å². The Bertz CT molecular complexity index is 350. The average molecular weight is 205 g/mol. The van der Waals surface area contributed by atoms with Crippen molar-refractivity contribution in [3.8, 4) is 0 Å². The highest BCUT2D eigenvalue weighted by atomic mass is 16.7. The van der Waals surface area contributed by atoms with Crippen LogP contribution in [0.3, 0.4) is 0 Å². The molecule has 1 aromatic rings. The van der Waals surface area contributed by atoms with Gasteiger partial charge in [-0.2, -0.15) is 0 Å². The molecule has 2 heterocycles. The Labute approximate surface area is 89.4 Å². The number of nitrogens with zero attached hydrogens (tertiary/aromatic N) is 1. The Morgan fingerprint density at radius 2 is 2.00 bits per heavy atom. The Balaban J connectivity index is 1.81. The molecule has 0 atom stereocenters. The van der Waals surface area contributed by atoms with Crippen molar-refractivity contribution >= 4 is 0 Å². The third kappa shape index (κ3) is 1.66. The van der Waals surface area contributed by atoms with E-state index in [0.717, 1.165) is 5.56 Å². The van der Waals surface area contributed by atoms with Crippen molar-refractivity contribution in [2.45, 2.75) is 31.5 Å². The number of hydrogen-bond acceptors (Lipinski definition) is 3. The largest absolute Gasteiger partial charge is 0.346 e. The Morgan fingerprint density at radius 1 is 1.27 bits per heavy atom. The zero-order valence-corrected chi connectivity index (χ0v) is 8.90. The normalized spacial score (nSPS) is 24.3. The average Bonchev–Trinajstić information content (AvgIpc) is 2.84. The summed E-state index contributed by atoms with van der Waals surface area (Å²) in [5, 5.41) is 0. The fraction of sp³-hybridized carbons (Fsp3) is 0.583. The van der Waals surface area contributed by atoms with E-state index in [0.29, 0.717) is 18.6 Å². The van der Waals surface area contributed by atoms with Crippen LogP contribution in [0.2, 0.25) is 0 Å². The molecule has 3 heteroatoms. The van der Waals surface area contributed by atoms with Crippen molar-refractivity contribution in [1.29, 1.82) is 0 Å². The molecular formula is C12H15NO2. The van der Waals surface area contributed by atoms with E-state index < -0.39 is 0 Å². The maximum Gasteiger partial charge on any atom is 0.185 e. The molecule has 0 spiro atoms. The molecule has 1 aromatic heterocycles. The summed E-state index contributed by atoms with van der Waals surface area (Å²) in [6.07, 6.45) is 4.21. The summed E-state index contributed by atoms with van der Waals surface area (Å²) >= 11 is 0. The second-order valence-corrected chi connectivity index (χ2v) is 4.61. The minimum absolute atomic E-state index is 0.196. The molecule has 1 saturated heterocycles. The van der Waals surface area contributed by atoms with Gasteiger partial charge in [-0.1, -0.05) is 13.0 Å². The molecule has 0 aromatic carbocycles. The number of rotatable bonds is 2. The van der Waals surface area contributed by atoms with Crippen molar-refractivity contribution in [3.63, 3.8) is 0 Å². The molecule has 0 N–H and O–H groups in total. The summed E-state index contributed by atoms with van der Waals surface area (Å²) in [6.45, 7) is 3.63. The van der Waals surface area contributed by atoms with Gasteiger partial charge in [-0.3, -0.25) is 4.98 Å². The van der Waals surface area contributed by atoms with Crippen LogP contribution in [0.4, 0.5) is 0 Å². The van der Waals surface area contributed by atoms with Gasteiger partial charge in [-0.05, 0) is 18.9 Å². The van der Waals surface area contributed by atoms with E-state index in [1.54, 1.807) is 0 Å². The van der Waals surface area contributed by atoms with Crippen LogP contribution in [0.25, 0.3) is 0 Å². The predicted molar refractivity (Wildman–Crippen MR) is 55.5 cm³/mol. The van der Waals surface area contributed by atoms with Crippen LogP contribution >= 0.6 is 0 Å². The minimum Gasteiger partial charge on any atom is -0.346 e. The zero-order chi connectivity index (χ0) is 10.3. The lowest BCUT2D eigenvalue weighted by Crippen LogP contribution is -2.05. The van der Waals surface area contributed by atoms with Crippen molar-refractivity contribution in [2.24, 2.45) is 0 Å². The van der Waals surface area contributed by atoms with Gasteiger partial charge in [0.05, 0.1) is 13.2 Å². The summed E-state index contributed by atoms with van der Waals surface area (Å²) in [5.74, 6) is 0. The van der Waals surface area contributed by atoms with Gasteiger partial charge in [0.1, 0.15) is 0 Å². The molecule has 3 nitrogen and oxygen atoms in total. The molecule has 0 unspecified atom stereocenters. The topological polar surface area (TPSA) is 31.4 Å². The third-order valence-electron chi connectivity index (χ3n) is 3.30. The lowest BCUT2D eigenvalue weighted by atomic mass is 10.0. The van der Waals surface area contributed by atoms with Gasteiger partial charge in [0.25, 0.3) is 0 Å². The Hall–Kier alpha value is -0.930.